The Kier molecular flexibility index (Phi) is 2.70. The summed E-state index contributed by atoms with van der Waals surface area (Å²) in [6.07, 6.45) is 0. The molecule has 0 aliphatic heterocycles. The summed E-state index contributed by atoms with van der Waals surface area (Å²) in [5, 5.41) is 0.265. The lowest BCUT2D eigenvalue weighted by Gasteiger charge is -2.02. The van der Waals surface area contributed by atoms with Gasteiger partial charge >= 0.3 is 0 Å². The average molecular weight is 188 g/mol. The Bertz CT molecular complexity index is 312. The lowest BCUT2D eigenvalue weighted by Crippen LogP contribution is -1.99. The van der Waals surface area contributed by atoms with Crippen molar-refractivity contribution in [3.05, 3.63) is 29.8 Å². The molecule has 0 spiro atoms. The van der Waals surface area contributed by atoms with Gasteiger partial charge in [0.1, 0.15) is 5.75 Å². The second-order valence-electron chi connectivity index (χ2n) is 2.17. The Hall–Kier alpha value is -1.03. The molecule has 0 heterocycles. The van der Waals surface area contributed by atoms with Crippen molar-refractivity contribution in [1.29, 1.82) is 0 Å². The zero-order valence-electron chi connectivity index (χ0n) is 6.30. The molecule has 12 heavy (non-hydrogen) atoms. The first kappa shape index (κ1) is 9.06. The summed E-state index contributed by atoms with van der Waals surface area (Å²) < 4.78 is 29.8. The quantitative estimate of drug-likeness (QED) is 0.626. The smallest absolute Gasteiger partial charge is 0.164 e. The van der Waals surface area contributed by atoms with Gasteiger partial charge in [-0.15, -0.1) is 0 Å². The number of rotatable bonds is 1. The highest BCUT2D eigenvalue weighted by atomic mass is 32.1. The first-order chi connectivity index (χ1) is 5.59. The molecule has 0 unspecified atom stereocenters. The van der Waals surface area contributed by atoms with Crippen LogP contribution >= 0.6 is 12.2 Å². The Balaban J connectivity index is 2.89. The van der Waals surface area contributed by atoms with Gasteiger partial charge in [-0.25, -0.2) is 8.78 Å². The average Bonchev–Trinajstić information content (AvgIpc) is 1.96. The third-order valence-electron chi connectivity index (χ3n) is 1.15. The highest BCUT2D eigenvalue weighted by Crippen LogP contribution is 2.15. The first-order valence-electron chi connectivity index (χ1n) is 3.23. The molecule has 1 aromatic rings. The highest BCUT2D eigenvalue weighted by Gasteiger charge is 2.03. The number of hydrogen-bond donors (Lipinski definition) is 0. The molecule has 0 saturated carbocycles. The van der Waals surface area contributed by atoms with Crippen LogP contribution in [-0.4, -0.2) is 5.05 Å². The Morgan fingerprint density at radius 3 is 2.50 bits per heavy atom. The fourth-order valence-corrected chi connectivity index (χ4v) is 0.803. The summed E-state index contributed by atoms with van der Waals surface area (Å²) in [5.74, 6) is -1.63. The predicted molar refractivity (Wildman–Crippen MR) is 45.3 cm³/mol. The number of hydrogen-bond acceptors (Lipinski definition) is 2. The largest absolute Gasteiger partial charge is 0.450 e. The topological polar surface area (TPSA) is 9.23 Å². The van der Waals surface area contributed by atoms with E-state index in [4.69, 9.17) is 4.74 Å². The minimum absolute atomic E-state index is 0.210. The molecule has 0 fully saturated rings. The number of thiocarbonyl (C=S) groups is 1. The van der Waals surface area contributed by atoms with E-state index in [0.717, 1.165) is 12.1 Å². The molecule has 0 N–H and O–H groups in total. The number of halogens is 2. The summed E-state index contributed by atoms with van der Waals surface area (Å²) in [6.45, 7) is 1.55. The van der Waals surface area contributed by atoms with Crippen molar-refractivity contribution >= 4 is 17.3 Å². The maximum absolute atomic E-state index is 12.5. The lowest BCUT2D eigenvalue weighted by molar-refractivity contribution is 0.493. The minimum atomic E-state index is -0.941. The van der Waals surface area contributed by atoms with E-state index < -0.39 is 11.6 Å². The van der Waals surface area contributed by atoms with Crippen LogP contribution in [0.2, 0.25) is 0 Å². The van der Waals surface area contributed by atoms with Crippen LogP contribution in [0.3, 0.4) is 0 Å². The maximum Gasteiger partial charge on any atom is 0.164 e. The van der Waals surface area contributed by atoms with Crippen molar-refractivity contribution in [2.24, 2.45) is 0 Å². The lowest BCUT2D eigenvalue weighted by atomic mass is 10.3. The van der Waals surface area contributed by atoms with Crippen molar-refractivity contribution in [2.75, 3.05) is 0 Å². The molecule has 0 atom stereocenters. The van der Waals surface area contributed by atoms with E-state index in [2.05, 4.69) is 12.2 Å². The molecule has 0 saturated heterocycles. The first-order valence-corrected chi connectivity index (χ1v) is 3.64. The van der Waals surface area contributed by atoms with E-state index in [1.54, 1.807) is 6.92 Å². The molecule has 0 amide bonds. The van der Waals surface area contributed by atoms with Crippen LogP contribution in [0.4, 0.5) is 8.78 Å². The van der Waals surface area contributed by atoms with Crippen molar-refractivity contribution in [2.45, 2.75) is 6.92 Å². The van der Waals surface area contributed by atoms with Gasteiger partial charge in [0.25, 0.3) is 0 Å². The van der Waals surface area contributed by atoms with Gasteiger partial charge in [-0.1, -0.05) is 0 Å². The summed E-state index contributed by atoms with van der Waals surface area (Å²) in [5.41, 5.74) is 0. The van der Waals surface area contributed by atoms with Gasteiger partial charge in [0.05, 0.1) is 0 Å². The number of benzene rings is 1. The standard InChI is InChI=1S/C8H6F2OS/c1-5(12)11-6-2-3-7(9)8(10)4-6/h2-4H,1H3. The summed E-state index contributed by atoms with van der Waals surface area (Å²) in [4.78, 5) is 0. The second-order valence-corrected chi connectivity index (χ2v) is 2.74. The van der Waals surface area contributed by atoms with Crippen LogP contribution in [0.5, 0.6) is 5.75 Å². The summed E-state index contributed by atoms with van der Waals surface area (Å²) in [6, 6.07) is 3.25. The Labute approximate surface area is 74.0 Å². The SMILES string of the molecule is CC(=S)Oc1ccc(F)c(F)c1. The van der Waals surface area contributed by atoms with E-state index in [9.17, 15) is 8.78 Å². The molecular weight excluding hydrogens is 182 g/mol. The zero-order chi connectivity index (χ0) is 9.14. The fourth-order valence-electron chi connectivity index (χ4n) is 0.706. The molecule has 64 valence electrons. The van der Waals surface area contributed by atoms with Gasteiger partial charge in [0, 0.05) is 13.0 Å². The fraction of sp³-hybridized carbons (Fsp3) is 0.125. The molecule has 1 nitrogen and oxygen atoms in total. The van der Waals surface area contributed by atoms with Gasteiger partial charge in [0.2, 0.25) is 0 Å². The summed E-state index contributed by atoms with van der Waals surface area (Å²) in [7, 11) is 0. The molecule has 1 rings (SSSR count). The van der Waals surface area contributed by atoms with Crippen LogP contribution in [0, 0.1) is 11.6 Å². The monoisotopic (exact) mass is 188 g/mol. The van der Waals surface area contributed by atoms with Gasteiger partial charge in [-0.3, -0.25) is 0 Å². The van der Waals surface area contributed by atoms with E-state index >= 15 is 0 Å². The molecule has 0 aliphatic carbocycles. The molecule has 0 aliphatic rings. The maximum atomic E-state index is 12.5. The van der Waals surface area contributed by atoms with Gasteiger partial charge in [-0.2, -0.15) is 0 Å². The molecule has 0 radical (unpaired) electrons. The van der Waals surface area contributed by atoms with Crippen molar-refractivity contribution < 1.29 is 13.5 Å². The van der Waals surface area contributed by atoms with Crippen LogP contribution in [0.1, 0.15) is 6.92 Å². The van der Waals surface area contributed by atoms with Crippen LogP contribution in [0.25, 0.3) is 0 Å². The van der Waals surface area contributed by atoms with Gasteiger partial charge in [-0.05, 0) is 24.4 Å². The van der Waals surface area contributed by atoms with Gasteiger partial charge in [0.15, 0.2) is 16.7 Å². The molecule has 0 bridgehead atoms. The third-order valence-corrected chi connectivity index (χ3v) is 1.24. The molecular formula is C8H6F2OS. The summed E-state index contributed by atoms with van der Waals surface area (Å²) >= 11 is 4.62. The Morgan fingerprint density at radius 1 is 1.33 bits per heavy atom. The van der Waals surface area contributed by atoms with Crippen LogP contribution in [0.15, 0.2) is 18.2 Å². The Morgan fingerprint density at radius 2 is 2.00 bits per heavy atom. The van der Waals surface area contributed by atoms with E-state index in [-0.39, 0.29) is 10.8 Å². The van der Waals surface area contributed by atoms with Gasteiger partial charge < -0.3 is 4.74 Å². The van der Waals surface area contributed by atoms with E-state index in [1.807, 2.05) is 0 Å². The third kappa shape index (κ3) is 2.23. The second kappa shape index (κ2) is 3.58. The zero-order valence-corrected chi connectivity index (χ0v) is 7.12. The normalized spacial score (nSPS) is 9.58. The van der Waals surface area contributed by atoms with Crippen molar-refractivity contribution in [1.82, 2.24) is 0 Å². The van der Waals surface area contributed by atoms with E-state index in [0.29, 0.717) is 0 Å². The molecule has 1 aromatic carbocycles. The van der Waals surface area contributed by atoms with Crippen molar-refractivity contribution in [3.63, 3.8) is 0 Å². The minimum Gasteiger partial charge on any atom is -0.450 e. The molecule has 4 heteroatoms. The molecule has 0 aromatic heterocycles. The highest BCUT2D eigenvalue weighted by molar-refractivity contribution is 7.80. The predicted octanol–water partition coefficient (Wildman–Crippen LogP) is 2.69. The van der Waals surface area contributed by atoms with E-state index in [1.165, 1.54) is 6.07 Å². The van der Waals surface area contributed by atoms with Crippen LogP contribution < -0.4 is 4.74 Å². The number of ether oxygens (including phenoxy) is 1. The van der Waals surface area contributed by atoms with Crippen LogP contribution in [-0.2, 0) is 0 Å². The van der Waals surface area contributed by atoms with Crippen molar-refractivity contribution in [3.8, 4) is 5.75 Å².